The maximum Gasteiger partial charge on any atom is 0.318 e. The minimum absolute atomic E-state index is 0.103. The predicted octanol–water partition coefficient (Wildman–Crippen LogP) is 2.73. The number of carbonyl (C=O) groups is 3. The van der Waals surface area contributed by atoms with Gasteiger partial charge in [0, 0.05) is 24.8 Å². The number of primary amides is 1. The lowest BCUT2D eigenvalue weighted by Crippen LogP contribution is -2.49. The van der Waals surface area contributed by atoms with Crippen molar-refractivity contribution in [1.29, 1.82) is 0 Å². The summed E-state index contributed by atoms with van der Waals surface area (Å²) in [7, 11) is 0. The van der Waals surface area contributed by atoms with E-state index in [0.29, 0.717) is 11.4 Å². The van der Waals surface area contributed by atoms with Crippen LogP contribution in [0.3, 0.4) is 0 Å². The predicted molar refractivity (Wildman–Crippen MR) is 119 cm³/mol. The number of ether oxygens (including phenoxy) is 1. The molecule has 3 rings (SSSR count). The van der Waals surface area contributed by atoms with E-state index < -0.39 is 18.6 Å². The van der Waals surface area contributed by atoms with Crippen LogP contribution >= 0.6 is 11.6 Å². The van der Waals surface area contributed by atoms with Crippen molar-refractivity contribution in [2.24, 2.45) is 5.73 Å². The van der Waals surface area contributed by atoms with Crippen LogP contribution < -0.4 is 20.7 Å². The minimum atomic E-state index is -0.647. The summed E-state index contributed by atoms with van der Waals surface area (Å²) in [5, 5.41) is 2.67. The Morgan fingerprint density at radius 3 is 2.69 bits per heavy atom. The first kappa shape index (κ1) is 23.3. The zero-order chi connectivity index (χ0) is 23.3. The zero-order valence-corrected chi connectivity index (χ0v) is 18.3. The van der Waals surface area contributed by atoms with Gasteiger partial charge < -0.3 is 25.6 Å². The molecule has 1 atom stereocenters. The highest BCUT2D eigenvalue weighted by Gasteiger charge is 2.32. The van der Waals surface area contributed by atoms with E-state index in [2.05, 4.69) is 5.32 Å². The molecule has 170 valence electrons. The normalized spacial score (nSPS) is 15.5. The third-order valence-electron chi connectivity index (χ3n) is 5.04. The first-order valence-electron chi connectivity index (χ1n) is 10.0. The van der Waals surface area contributed by atoms with Crippen molar-refractivity contribution in [2.45, 2.75) is 19.5 Å². The molecule has 1 aliphatic heterocycles. The summed E-state index contributed by atoms with van der Waals surface area (Å²) in [6.07, 6.45) is 0. The number of rotatable bonds is 6. The lowest BCUT2D eigenvalue weighted by molar-refractivity contribution is -0.117. The average Bonchev–Trinajstić information content (AvgIpc) is 2.92. The Labute approximate surface area is 190 Å². The number of hydrogen-bond donors (Lipinski definition) is 2. The first-order valence-corrected chi connectivity index (χ1v) is 10.4. The van der Waals surface area contributed by atoms with Crippen LogP contribution in [0.1, 0.15) is 22.8 Å². The molecule has 3 N–H and O–H groups in total. The van der Waals surface area contributed by atoms with E-state index in [1.54, 1.807) is 21.9 Å². The van der Waals surface area contributed by atoms with E-state index in [1.165, 1.54) is 12.1 Å². The van der Waals surface area contributed by atoms with E-state index >= 15 is 0 Å². The Balaban J connectivity index is 1.90. The number of benzene rings is 2. The van der Waals surface area contributed by atoms with Gasteiger partial charge in [-0.3, -0.25) is 9.59 Å². The standard InChI is InChI=1S/C22H24ClFN4O4/c1-14-12-28(21(30)17-7-6-16(10-18(17)23)32-9-8-24)19-5-3-2-4-15(19)13-27(14)22(31)26-11-20(25)29/h2-7,10,14H,8-9,11-13H2,1H3,(H2,25,29)(H,26,31)/t14-/m1/s1. The van der Waals surface area contributed by atoms with Gasteiger partial charge in [0.25, 0.3) is 5.91 Å². The van der Waals surface area contributed by atoms with Crippen LogP contribution in [-0.2, 0) is 11.3 Å². The molecule has 0 fully saturated rings. The molecule has 2 aromatic carbocycles. The lowest BCUT2D eigenvalue weighted by atomic mass is 10.1. The Kier molecular flexibility index (Phi) is 7.53. The molecule has 32 heavy (non-hydrogen) atoms. The summed E-state index contributed by atoms with van der Waals surface area (Å²) in [6, 6.07) is 11.0. The van der Waals surface area contributed by atoms with Gasteiger partial charge in [-0.1, -0.05) is 29.8 Å². The fourth-order valence-corrected chi connectivity index (χ4v) is 3.75. The minimum Gasteiger partial charge on any atom is -0.491 e. The van der Waals surface area contributed by atoms with Gasteiger partial charge in [-0.25, -0.2) is 9.18 Å². The lowest BCUT2D eigenvalue weighted by Gasteiger charge is -2.29. The number of nitrogens with two attached hydrogens (primary N) is 1. The molecule has 2 aromatic rings. The monoisotopic (exact) mass is 462 g/mol. The quantitative estimate of drug-likeness (QED) is 0.688. The summed E-state index contributed by atoms with van der Waals surface area (Å²) < 4.78 is 17.6. The largest absolute Gasteiger partial charge is 0.491 e. The second kappa shape index (κ2) is 10.3. The third-order valence-corrected chi connectivity index (χ3v) is 5.35. The number of para-hydroxylation sites is 1. The van der Waals surface area contributed by atoms with Gasteiger partial charge >= 0.3 is 6.03 Å². The molecule has 8 nitrogen and oxygen atoms in total. The smallest absolute Gasteiger partial charge is 0.318 e. The number of amides is 4. The third kappa shape index (κ3) is 5.28. The average molecular weight is 463 g/mol. The number of anilines is 1. The van der Waals surface area contributed by atoms with Gasteiger partial charge in [-0.15, -0.1) is 0 Å². The van der Waals surface area contributed by atoms with Gasteiger partial charge in [0.2, 0.25) is 5.91 Å². The molecule has 1 heterocycles. The molecule has 0 saturated heterocycles. The van der Waals surface area contributed by atoms with Gasteiger partial charge in [0.05, 0.1) is 17.1 Å². The second-order valence-corrected chi connectivity index (χ2v) is 7.73. The van der Waals surface area contributed by atoms with Crippen molar-refractivity contribution < 1.29 is 23.5 Å². The molecule has 0 bridgehead atoms. The molecule has 0 saturated carbocycles. The van der Waals surface area contributed by atoms with E-state index in [-0.39, 0.29) is 48.8 Å². The van der Waals surface area contributed by atoms with Gasteiger partial charge in [0.1, 0.15) is 19.0 Å². The highest BCUT2D eigenvalue weighted by Crippen LogP contribution is 2.31. The summed E-state index contributed by atoms with van der Waals surface area (Å²) in [6.45, 7) is 1.24. The maximum atomic E-state index is 13.5. The van der Waals surface area contributed by atoms with Crippen molar-refractivity contribution >= 4 is 35.1 Å². The molecule has 10 heteroatoms. The highest BCUT2D eigenvalue weighted by atomic mass is 35.5. The maximum absolute atomic E-state index is 13.5. The van der Waals surface area contributed by atoms with Crippen LogP contribution in [0.2, 0.25) is 5.02 Å². The zero-order valence-electron chi connectivity index (χ0n) is 17.5. The van der Waals surface area contributed by atoms with Crippen LogP contribution in [0.25, 0.3) is 0 Å². The summed E-state index contributed by atoms with van der Waals surface area (Å²) in [5.41, 5.74) is 6.80. The van der Waals surface area contributed by atoms with Crippen molar-refractivity contribution in [3.63, 3.8) is 0 Å². The number of hydrogen-bond acceptors (Lipinski definition) is 4. The molecule has 0 radical (unpaired) electrons. The summed E-state index contributed by atoms with van der Waals surface area (Å²) in [4.78, 5) is 40.3. The van der Waals surface area contributed by atoms with E-state index in [9.17, 15) is 18.8 Å². The van der Waals surface area contributed by atoms with Gasteiger partial charge in [0.15, 0.2) is 0 Å². The molecule has 0 aliphatic carbocycles. The Morgan fingerprint density at radius 2 is 2.00 bits per heavy atom. The number of carbonyl (C=O) groups excluding carboxylic acids is 3. The summed E-state index contributed by atoms with van der Waals surface area (Å²) >= 11 is 6.34. The van der Waals surface area contributed by atoms with Crippen LogP contribution in [0.5, 0.6) is 5.75 Å². The van der Waals surface area contributed by atoms with E-state index in [4.69, 9.17) is 22.1 Å². The second-order valence-electron chi connectivity index (χ2n) is 7.33. The van der Waals surface area contributed by atoms with Crippen LogP contribution in [-0.4, -0.2) is 55.2 Å². The topological polar surface area (TPSA) is 105 Å². The first-order chi connectivity index (χ1) is 15.3. The van der Waals surface area contributed by atoms with Crippen molar-refractivity contribution in [3.8, 4) is 5.75 Å². The molecule has 1 aliphatic rings. The summed E-state index contributed by atoms with van der Waals surface area (Å²) in [5.74, 6) is -0.622. The van der Waals surface area contributed by atoms with E-state index in [0.717, 1.165) is 5.56 Å². The Hall–Kier alpha value is -3.33. The van der Waals surface area contributed by atoms with Gasteiger partial charge in [-0.05, 0) is 36.8 Å². The van der Waals surface area contributed by atoms with Crippen LogP contribution in [0.4, 0.5) is 14.9 Å². The fraction of sp³-hybridized carbons (Fsp3) is 0.318. The number of halogens is 2. The van der Waals surface area contributed by atoms with Crippen molar-refractivity contribution in [1.82, 2.24) is 10.2 Å². The fourth-order valence-electron chi connectivity index (χ4n) is 3.50. The molecule has 4 amide bonds. The molecule has 0 spiro atoms. The van der Waals surface area contributed by atoms with Crippen LogP contribution in [0.15, 0.2) is 42.5 Å². The van der Waals surface area contributed by atoms with Crippen molar-refractivity contribution in [3.05, 3.63) is 58.6 Å². The molecular weight excluding hydrogens is 439 g/mol. The number of fused-ring (bicyclic) bond motifs is 1. The highest BCUT2D eigenvalue weighted by molar-refractivity contribution is 6.34. The SMILES string of the molecule is C[C@@H]1CN(C(=O)c2ccc(OCCF)cc2Cl)c2ccccc2CN1C(=O)NCC(N)=O. The van der Waals surface area contributed by atoms with E-state index in [1.807, 2.05) is 25.1 Å². The number of nitrogens with zero attached hydrogens (tertiary/aromatic N) is 2. The molecule has 0 unspecified atom stereocenters. The number of alkyl halides is 1. The molecule has 0 aromatic heterocycles. The van der Waals surface area contributed by atoms with Gasteiger partial charge in [-0.2, -0.15) is 0 Å². The Morgan fingerprint density at radius 1 is 1.25 bits per heavy atom. The number of urea groups is 1. The molecular formula is C22H24ClFN4O4. The Bertz CT molecular complexity index is 1020. The van der Waals surface area contributed by atoms with Crippen molar-refractivity contribution in [2.75, 3.05) is 31.3 Å². The van der Waals surface area contributed by atoms with Crippen LogP contribution in [0, 0.1) is 0 Å². The number of nitrogens with one attached hydrogen (secondary N) is 1.